The highest BCUT2D eigenvalue weighted by molar-refractivity contribution is 7.99. The Hall–Kier alpha value is -0.780. The first-order valence-electron chi connectivity index (χ1n) is 8.39. The van der Waals surface area contributed by atoms with Crippen LogP contribution >= 0.6 is 11.8 Å². The molecule has 122 valence electrons. The van der Waals surface area contributed by atoms with Crippen LogP contribution in [0, 0.1) is 0 Å². The minimum absolute atomic E-state index is 0.825. The summed E-state index contributed by atoms with van der Waals surface area (Å²) in [5.41, 5.74) is 1.33. The number of rotatable bonds is 4. The summed E-state index contributed by atoms with van der Waals surface area (Å²) < 4.78 is 0. The SMILES string of the molecule is CN(C)c1ccc(CN2CCC(N3CCSCC3)CC2)cn1. The molecule has 3 heterocycles. The molecule has 2 aliphatic heterocycles. The Morgan fingerprint density at radius 2 is 1.86 bits per heavy atom. The minimum atomic E-state index is 0.825. The van der Waals surface area contributed by atoms with Gasteiger partial charge >= 0.3 is 0 Å². The molecule has 0 radical (unpaired) electrons. The first-order chi connectivity index (χ1) is 10.7. The van der Waals surface area contributed by atoms with Crippen molar-refractivity contribution in [3.8, 4) is 0 Å². The summed E-state index contributed by atoms with van der Waals surface area (Å²) in [7, 11) is 4.07. The van der Waals surface area contributed by atoms with Gasteiger partial charge in [0.25, 0.3) is 0 Å². The fourth-order valence-electron chi connectivity index (χ4n) is 3.42. The van der Waals surface area contributed by atoms with Crippen LogP contribution in [-0.2, 0) is 6.54 Å². The Bertz CT molecular complexity index is 448. The summed E-state index contributed by atoms with van der Waals surface area (Å²) in [4.78, 5) is 11.9. The highest BCUT2D eigenvalue weighted by Crippen LogP contribution is 2.21. The van der Waals surface area contributed by atoms with Crippen molar-refractivity contribution < 1.29 is 0 Å². The van der Waals surface area contributed by atoms with Crippen molar-refractivity contribution in [3.05, 3.63) is 23.9 Å². The molecule has 0 spiro atoms. The molecule has 0 N–H and O–H groups in total. The average Bonchev–Trinajstić information content (AvgIpc) is 2.57. The third kappa shape index (κ3) is 4.15. The quantitative estimate of drug-likeness (QED) is 0.846. The van der Waals surface area contributed by atoms with Crippen molar-refractivity contribution in [3.63, 3.8) is 0 Å². The topological polar surface area (TPSA) is 22.6 Å². The van der Waals surface area contributed by atoms with Gasteiger partial charge in [0.05, 0.1) is 0 Å². The molecular weight excluding hydrogens is 292 g/mol. The maximum atomic E-state index is 4.52. The minimum Gasteiger partial charge on any atom is -0.363 e. The first kappa shape index (κ1) is 16.1. The molecule has 1 aromatic heterocycles. The standard InChI is InChI=1S/C17H28N4S/c1-19(2)17-4-3-15(13-18-17)14-20-7-5-16(6-8-20)21-9-11-22-12-10-21/h3-4,13,16H,5-12,14H2,1-2H3. The van der Waals surface area contributed by atoms with Gasteiger partial charge in [-0.25, -0.2) is 4.98 Å². The molecule has 0 aliphatic carbocycles. The van der Waals surface area contributed by atoms with Crippen molar-refractivity contribution in [2.24, 2.45) is 0 Å². The zero-order valence-corrected chi connectivity index (χ0v) is 14.7. The summed E-state index contributed by atoms with van der Waals surface area (Å²) in [6.45, 7) is 6.09. The molecule has 0 unspecified atom stereocenters. The number of piperidine rings is 1. The second kappa shape index (κ2) is 7.66. The van der Waals surface area contributed by atoms with Crippen molar-refractivity contribution >= 4 is 17.6 Å². The predicted octanol–water partition coefficient (Wildman–Crippen LogP) is 2.16. The van der Waals surface area contributed by atoms with Gasteiger partial charge in [0.1, 0.15) is 5.82 Å². The van der Waals surface area contributed by atoms with Crippen molar-refractivity contribution in [1.29, 1.82) is 0 Å². The van der Waals surface area contributed by atoms with E-state index in [1.165, 1.54) is 56.1 Å². The van der Waals surface area contributed by atoms with Crippen molar-refractivity contribution in [1.82, 2.24) is 14.8 Å². The van der Waals surface area contributed by atoms with E-state index in [0.717, 1.165) is 18.4 Å². The molecule has 2 saturated heterocycles. The van der Waals surface area contributed by atoms with E-state index in [1.54, 1.807) is 0 Å². The number of pyridine rings is 1. The van der Waals surface area contributed by atoms with Crippen LogP contribution in [-0.4, -0.2) is 72.6 Å². The number of thioether (sulfide) groups is 1. The van der Waals surface area contributed by atoms with E-state index in [0.29, 0.717) is 0 Å². The highest BCUT2D eigenvalue weighted by atomic mass is 32.2. The lowest BCUT2D eigenvalue weighted by molar-refractivity contribution is 0.112. The number of aromatic nitrogens is 1. The van der Waals surface area contributed by atoms with E-state index in [4.69, 9.17) is 0 Å². The van der Waals surface area contributed by atoms with Gasteiger partial charge in [-0.3, -0.25) is 9.80 Å². The Morgan fingerprint density at radius 3 is 2.45 bits per heavy atom. The van der Waals surface area contributed by atoms with Crippen LogP contribution in [0.25, 0.3) is 0 Å². The molecule has 1 aromatic rings. The Morgan fingerprint density at radius 1 is 1.14 bits per heavy atom. The van der Waals surface area contributed by atoms with Gasteiger partial charge < -0.3 is 4.90 Å². The van der Waals surface area contributed by atoms with E-state index in [-0.39, 0.29) is 0 Å². The smallest absolute Gasteiger partial charge is 0.127 e. The predicted molar refractivity (Wildman–Crippen MR) is 95.8 cm³/mol. The van der Waals surface area contributed by atoms with Gasteiger partial charge in [0.15, 0.2) is 0 Å². The van der Waals surface area contributed by atoms with Gasteiger partial charge in [-0.05, 0) is 37.6 Å². The molecule has 0 bridgehead atoms. The van der Waals surface area contributed by atoms with Gasteiger partial charge in [0, 0.05) is 57.5 Å². The second-order valence-electron chi connectivity index (χ2n) is 6.57. The summed E-state index contributed by atoms with van der Waals surface area (Å²) in [5.74, 6) is 3.68. The molecule has 0 aromatic carbocycles. The number of anilines is 1. The van der Waals surface area contributed by atoms with Gasteiger partial charge in [-0.2, -0.15) is 11.8 Å². The first-order valence-corrected chi connectivity index (χ1v) is 9.54. The Balaban J connectivity index is 1.47. The lowest BCUT2D eigenvalue weighted by atomic mass is 10.0. The lowest BCUT2D eigenvalue weighted by Crippen LogP contribution is -2.47. The molecule has 0 saturated carbocycles. The highest BCUT2D eigenvalue weighted by Gasteiger charge is 2.25. The Labute approximate surface area is 138 Å². The average molecular weight is 321 g/mol. The van der Waals surface area contributed by atoms with E-state index in [9.17, 15) is 0 Å². The van der Waals surface area contributed by atoms with Gasteiger partial charge in [-0.15, -0.1) is 0 Å². The third-order valence-electron chi connectivity index (χ3n) is 4.79. The van der Waals surface area contributed by atoms with Crippen molar-refractivity contribution in [2.45, 2.75) is 25.4 Å². The molecule has 22 heavy (non-hydrogen) atoms. The second-order valence-corrected chi connectivity index (χ2v) is 7.80. The van der Waals surface area contributed by atoms with Crippen LogP contribution in [0.1, 0.15) is 18.4 Å². The molecule has 0 amide bonds. The lowest BCUT2D eigenvalue weighted by Gasteiger charge is -2.40. The largest absolute Gasteiger partial charge is 0.363 e. The summed E-state index contributed by atoms with van der Waals surface area (Å²) in [5, 5.41) is 0. The number of hydrogen-bond donors (Lipinski definition) is 0. The number of hydrogen-bond acceptors (Lipinski definition) is 5. The fraction of sp³-hybridized carbons (Fsp3) is 0.706. The molecule has 3 rings (SSSR count). The van der Waals surface area contributed by atoms with Gasteiger partial charge in [-0.1, -0.05) is 6.07 Å². The monoisotopic (exact) mass is 320 g/mol. The summed E-state index contributed by atoms with van der Waals surface area (Å²) in [6, 6.07) is 5.16. The fourth-order valence-corrected chi connectivity index (χ4v) is 4.35. The van der Waals surface area contributed by atoms with E-state index in [1.807, 2.05) is 25.2 Å². The molecule has 4 nitrogen and oxygen atoms in total. The molecule has 5 heteroatoms. The van der Waals surface area contributed by atoms with Crippen LogP contribution in [0.15, 0.2) is 18.3 Å². The van der Waals surface area contributed by atoms with Crippen LogP contribution in [0.4, 0.5) is 5.82 Å². The molecule has 2 fully saturated rings. The van der Waals surface area contributed by atoms with Crippen LogP contribution in [0.3, 0.4) is 0 Å². The van der Waals surface area contributed by atoms with E-state index < -0.39 is 0 Å². The zero-order chi connectivity index (χ0) is 15.4. The summed E-state index contributed by atoms with van der Waals surface area (Å²) >= 11 is 2.11. The maximum Gasteiger partial charge on any atom is 0.127 e. The van der Waals surface area contributed by atoms with Crippen LogP contribution in [0.2, 0.25) is 0 Å². The Kier molecular flexibility index (Phi) is 5.61. The molecule has 0 atom stereocenters. The van der Waals surface area contributed by atoms with Crippen molar-refractivity contribution in [2.75, 3.05) is 56.7 Å². The maximum absolute atomic E-state index is 4.52. The number of nitrogens with zero attached hydrogens (tertiary/aromatic N) is 4. The van der Waals surface area contributed by atoms with Gasteiger partial charge in [0.2, 0.25) is 0 Å². The van der Waals surface area contributed by atoms with E-state index in [2.05, 4.69) is 38.7 Å². The normalized spacial score (nSPS) is 21.9. The van der Waals surface area contributed by atoms with Crippen LogP contribution in [0.5, 0.6) is 0 Å². The summed E-state index contributed by atoms with van der Waals surface area (Å²) in [6.07, 6.45) is 4.69. The molecular formula is C17H28N4S. The zero-order valence-electron chi connectivity index (χ0n) is 13.9. The molecule has 2 aliphatic rings. The van der Waals surface area contributed by atoms with Crippen LogP contribution < -0.4 is 4.90 Å². The number of likely N-dealkylation sites (tertiary alicyclic amines) is 1. The van der Waals surface area contributed by atoms with E-state index >= 15 is 0 Å². The third-order valence-corrected chi connectivity index (χ3v) is 5.74.